The summed E-state index contributed by atoms with van der Waals surface area (Å²) in [5.41, 5.74) is 1.44. The van der Waals surface area contributed by atoms with Gasteiger partial charge in [0.25, 0.3) is 0 Å². The first-order valence-corrected chi connectivity index (χ1v) is 6.95. The largest absolute Gasteiger partial charge is 0.307 e. The van der Waals surface area contributed by atoms with E-state index in [1.54, 1.807) is 0 Å². The van der Waals surface area contributed by atoms with Crippen molar-refractivity contribution in [3.63, 3.8) is 0 Å². The molecule has 0 spiro atoms. The molecular formula is C13H21NS. The monoisotopic (exact) mass is 223 g/mol. The Kier molecular flexibility index (Phi) is 3.81. The van der Waals surface area contributed by atoms with Crippen LogP contribution in [0.1, 0.15) is 55.5 Å². The van der Waals surface area contributed by atoms with Gasteiger partial charge in [-0.2, -0.15) is 0 Å². The third kappa shape index (κ3) is 2.82. The van der Waals surface area contributed by atoms with Crippen LogP contribution in [0.4, 0.5) is 0 Å². The van der Waals surface area contributed by atoms with Crippen molar-refractivity contribution < 1.29 is 0 Å². The van der Waals surface area contributed by atoms with E-state index in [0.717, 1.165) is 6.04 Å². The van der Waals surface area contributed by atoms with Gasteiger partial charge in [-0.3, -0.25) is 0 Å². The van der Waals surface area contributed by atoms with Gasteiger partial charge in [0, 0.05) is 17.0 Å². The Morgan fingerprint density at radius 3 is 2.67 bits per heavy atom. The molecule has 0 aromatic carbocycles. The van der Waals surface area contributed by atoms with E-state index < -0.39 is 0 Å². The molecule has 1 aromatic rings. The maximum Gasteiger partial charge on any atom is 0.0390 e. The van der Waals surface area contributed by atoms with E-state index in [1.165, 1.54) is 42.5 Å². The minimum atomic E-state index is 0.535. The van der Waals surface area contributed by atoms with Gasteiger partial charge in [-0.15, -0.1) is 11.3 Å². The fourth-order valence-corrected chi connectivity index (χ4v) is 3.47. The molecule has 1 atom stereocenters. The molecular weight excluding hydrogens is 202 g/mol. The summed E-state index contributed by atoms with van der Waals surface area (Å²) in [6.45, 7) is 4.51. The first-order valence-electron chi connectivity index (χ1n) is 6.07. The van der Waals surface area contributed by atoms with E-state index in [9.17, 15) is 0 Å². The molecule has 1 N–H and O–H groups in total. The minimum Gasteiger partial charge on any atom is -0.307 e. The molecule has 0 aliphatic heterocycles. The summed E-state index contributed by atoms with van der Waals surface area (Å²) in [5, 5.41) is 5.97. The van der Waals surface area contributed by atoms with Gasteiger partial charge >= 0.3 is 0 Å². The maximum absolute atomic E-state index is 3.77. The Labute approximate surface area is 96.9 Å². The van der Waals surface area contributed by atoms with Crippen molar-refractivity contribution in [1.82, 2.24) is 5.32 Å². The third-order valence-electron chi connectivity index (χ3n) is 3.39. The highest BCUT2D eigenvalue weighted by molar-refractivity contribution is 7.10. The van der Waals surface area contributed by atoms with Crippen molar-refractivity contribution >= 4 is 11.3 Å². The number of nitrogens with one attached hydrogen (secondary N) is 1. The molecule has 2 rings (SSSR count). The molecule has 0 amide bonds. The third-order valence-corrected chi connectivity index (χ3v) is 4.59. The lowest BCUT2D eigenvalue weighted by atomic mass is 9.95. The molecule has 0 saturated heterocycles. The Balaban J connectivity index is 1.91. The number of thiophene rings is 1. The molecule has 0 unspecified atom stereocenters. The van der Waals surface area contributed by atoms with Gasteiger partial charge in [0.1, 0.15) is 0 Å². The van der Waals surface area contributed by atoms with Crippen LogP contribution >= 0.6 is 11.3 Å². The number of hydrogen-bond acceptors (Lipinski definition) is 2. The Bertz CT molecular complexity index is 299. The first-order chi connectivity index (χ1) is 7.27. The number of hydrogen-bond donors (Lipinski definition) is 1. The zero-order chi connectivity index (χ0) is 10.7. The van der Waals surface area contributed by atoms with E-state index in [0.29, 0.717) is 6.04 Å². The van der Waals surface area contributed by atoms with Crippen LogP contribution in [0.2, 0.25) is 0 Å². The van der Waals surface area contributed by atoms with E-state index >= 15 is 0 Å². The van der Waals surface area contributed by atoms with Crippen molar-refractivity contribution in [2.24, 2.45) is 0 Å². The molecule has 1 nitrogen and oxygen atoms in total. The van der Waals surface area contributed by atoms with Crippen LogP contribution in [0.5, 0.6) is 0 Å². The van der Waals surface area contributed by atoms with Gasteiger partial charge in [-0.25, -0.2) is 0 Å². The Morgan fingerprint density at radius 2 is 2.07 bits per heavy atom. The highest BCUT2D eigenvalue weighted by Gasteiger charge is 2.17. The van der Waals surface area contributed by atoms with E-state index in [-0.39, 0.29) is 0 Å². The molecule has 1 aliphatic carbocycles. The lowest BCUT2D eigenvalue weighted by Gasteiger charge is -2.26. The Morgan fingerprint density at radius 1 is 1.33 bits per heavy atom. The highest BCUT2D eigenvalue weighted by Crippen LogP contribution is 2.26. The number of rotatable bonds is 3. The van der Waals surface area contributed by atoms with Crippen LogP contribution in [0.15, 0.2) is 11.4 Å². The van der Waals surface area contributed by atoms with Gasteiger partial charge in [-0.05, 0) is 43.7 Å². The van der Waals surface area contributed by atoms with Crippen molar-refractivity contribution in [3.05, 3.63) is 21.9 Å². The smallest absolute Gasteiger partial charge is 0.0390 e. The number of aryl methyl sites for hydroxylation is 1. The molecule has 1 saturated carbocycles. The van der Waals surface area contributed by atoms with E-state index in [2.05, 4.69) is 30.6 Å². The van der Waals surface area contributed by atoms with Crippen molar-refractivity contribution in [1.29, 1.82) is 0 Å². The normalized spacial score (nSPS) is 20.4. The van der Waals surface area contributed by atoms with Gasteiger partial charge in [0.15, 0.2) is 0 Å². The predicted molar refractivity (Wildman–Crippen MR) is 67.5 cm³/mol. The van der Waals surface area contributed by atoms with Crippen molar-refractivity contribution in [2.45, 2.75) is 58.0 Å². The average Bonchev–Trinajstić information content (AvgIpc) is 2.66. The second-order valence-corrected chi connectivity index (χ2v) is 5.64. The topological polar surface area (TPSA) is 12.0 Å². The van der Waals surface area contributed by atoms with Gasteiger partial charge in [-0.1, -0.05) is 19.3 Å². The molecule has 1 aliphatic rings. The molecule has 84 valence electrons. The second kappa shape index (κ2) is 5.13. The van der Waals surface area contributed by atoms with Gasteiger partial charge < -0.3 is 5.32 Å². The summed E-state index contributed by atoms with van der Waals surface area (Å²) >= 11 is 1.88. The lowest BCUT2D eigenvalue weighted by molar-refractivity contribution is 0.348. The molecule has 1 heterocycles. The standard InChI is InChI=1S/C13H21NS/c1-10-8-9-15-13(10)11(2)14-12-6-4-3-5-7-12/h8-9,11-12,14H,3-7H2,1-2H3/t11-/m0/s1. The summed E-state index contributed by atoms with van der Waals surface area (Å²) in [7, 11) is 0. The molecule has 0 radical (unpaired) electrons. The first kappa shape index (κ1) is 11.2. The zero-order valence-corrected chi connectivity index (χ0v) is 10.6. The molecule has 0 bridgehead atoms. The zero-order valence-electron chi connectivity index (χ0n) is 9.75. The average molecular weight is 223 g/mol. The summed E-state index contributed by atoms with van der Waals surface area (Å²) < 4.78 is 0. The quantitative estimate of drug-likeness (QED) is 0.815. The molecule has 1 aromatic heterocycles. The summed E-state index contributed by atoms with van der Waals surface area (Å²) in [5.74, 6) is 0. The van der Waals surface area contributed by atoms with Gasteiger partial charge in [0.05, 0.1) is 0 Å². The van der Waals surface area contributed by atoms with Gasteiger partial charge in [0.2, 0.25) is 0 Å². The van der Waals surface area contributed by atoms with Crippen LogP contribution < -0.4 is 5.32 Å². The van der Waals surface area contributed by atoms with E-state index in [4.69, 9.17) is 0 Å². The minimum absolute atomic E-state index is 0.535. The van der Waals surface area contributed by atoms with E-state index in [1.807, 2.05) is 11.3 Å². The van der Waals surface area contributed by atoms with Crippen molar-refractivity contribution in [2.75, 3.05) is 0 Å². The van der Waals surface area contributed by atoms with Crippen molar-refractivity contribution in [3.8, 4) is 0 Å². The Hall–Kier alpha value is -0.340. The SMILES string of the molecule is Cc1ccsc1[C@H](C)NC1CCCCC1. The summed E-state index contributed by atoms with van der Waals surface area (Å²) in [6.07, 6.45) is 7.00. The molecule has 15 heavy (non-hydrogen) atoms. The highest BCUT2D eigenvalue weighted by atomic mass is 32.1. The maximum atomic E-state index is 3.77. The summed E-state index contributed by atoms with van der Waals surface area (Å²) in [6, 6.07) is 3.52. The van der Waals surface area contributed by atoms with Crippen LogP contribution in [0.25, 0.3) is 0 Å². The fraction of sp³-hybridized carbons (Fsp3) is 0.692. The second-order valence-electron chi connectivity index (χ2n) is 4.69. The molecule has 2 heteroatoms. The predicted octanol–water partition coefficient (Wildman–Crippen LogP) is 4.04. The van der Waals surface area contributed by atoms with Crippen LogP contribution in [-0.2, 0) is 0 Å². The van der Waals surface area contributed by atoms with Crippen LogP contribution in [0, 0.1) is 6.92 Å². The summed E-state index contributed by atoms with van der Waals surface area (Å²) in [4.78, 5) is 1.51. The fourth-order valence-electron chi connectivity index (χ4n) is 2.53. The van der Waals surface area contributed by atoms with Crippen LogP contribution in [0.3, 0.4) is 0 Å². The van der Waals surface area contributed by atoms with Crippen LogP contribution in [-0.4, -0.2) is 6.04 Å². The molecule has 1 fully saturated rings. The lowest BCUT2D eigenvalue weighted by Crippen LogP contribution is -2.33.